The molecule has 0 bridgehead atoms. The Balaban J connectivity index is 2.21. The number of hydrogen-bond acceptors (Lipinski definition) is 4. The molecule has 1 aromatic heterocycles. The summed E-state index contributed by atoms with van der Waals surface area (Å²) in [5, 5.41) is 0. The van der Waals surface area contributed by atoms with Gasteiger partial charge in [-0.1, -0.05) is 29.8 Å². The van der Waals surface area contributed by atoms with Crippen molar-refractivity contribution in [3.63, 3.8) is 0 Å². The summed E-state index contributed by atoms with van der Waals surface area (Å²) in [7, 11) is 0. The SMILES string of the molecule is Cc1ccc(C(=O)C/C(=C\c2ccco2)C(=O)NN)cc1. The zero-order chi connectivity index (χ0) is 15.2. The molecule has 0 saturated heterocycles. The van der Waals surface area contributed by atoms with Crippen LogP contribution in [-0.4, -0.2) is 11.7 Å². The molecule has 1 heterocycles. The standard InChI is InChI=1S/C16H16N2O3/c1-11-4-6-12(7-5-11)15(19)10-13(16(20)18-17)9-14-3-2-8-21-14/h2-9H,10,17H2,1H3,(H,18,20)/b13-9+. The largest absolute Gasteiger partial charge is 0.465 e. The average molecular weight is 284 g/mol. The molecule has 0 aliphatic heterocycles. The monoisotopic (exact) mass is 284 g/mol. The third kappa shape index (κ3) is 3.90. The number of carbonyl (C=O) groups excluding carboxylic acids is 2. The molecule has 108 valence electrons. The molecule has 0 radical (unpaired) electrons. The Morgan fingerprint density at radius 3 is 2.52 bits per heavy atom. The van der Waals surface area contributed by atoms with E-state index in [0.29, 0.717) is 11.3 Å². The first-order chi connectivity index (χ1) is 10.1. The lowest BCUT2D eigenvalue weighted by molar-refractivity contribution is -0.117. The maximum atomic E-state index is 12.2. The Morgan fingerprint density at radius 2 is 1.95 bits per heavy atom. The highest BCUT2D eigenvalue weighted by Crippen LogP contribution is 2.15. The number of ketones is 1. The molecular weight excluding hydrogens is 268 g/mol. The van der Waals surface area contributed by atoms with Gasteiger partial charge >= 0.3 is 0 Å². The van der Waals surface area contributed by atoms with Crippen LogP contribution in [0.15, 0.2) is 52.7 Å². The van der Waals surface area contributed by atoms with E-state index in [4.69, 9.17) is 10.3 Å². The van der Waals surface area contributed by atoms with E-state index < -0.39 is 5.91 Å². The van der Waals surface area contributed by atoms with Crippen LogP contribution in [0.2, 0.25) is 0 Å². The lowest BCUT2D eigenvalue weighted by Crippen LogP contribution is -2.32. The fourth-order valence-corrected chi connectivity index (χ4v) is 1.85. The van der Waals surface area contributed by atoms with Crippen molar-refractivity contribution < 1.29 is 14.0 Å². The summed E-state index contributed by atoms with van der Waals surface area (Å²) in [5.74, 6) is 4.98. The van der Waals surface area contributed by atoms with Crippen molar-refractivity contribution >= 4 is 17.8 Å². The zero-order valence-electron chi connectivity index (χ0n) is 11.6. The van der Waals surface area contributed by atoms with Crippen molar-refractivity contribution in [2.75, 3.05) is 0 Å². The number of aryl methyl sites for hydroxylation is 1. The Morgan fingerprint density at radius 1 is 1.24 bits per heavy atom. The van der Waals surface area contributed by atoms with Gasteiger partial charge in [-0.2, -0.15) is 0 Å². The molecule has 1 amide bonds. The molecule has 1 aromatic carbocycles. The smallest absolute Gasteiger partial charge is 0.261 e. The van der Waals surface area contributed by atoms with Gasteiger partial charge in [-0.05, 0) is 25.1 Å². The predicted octanol–water partition coefficient (Wildman–Crippen LogP) is 2.23. The highest BCUT2D eigenvalue weighted by atomic mass is 16.3. The summed E-state index contributed by atoms with van der Waals surface area (Å²) in [6, 6.07) is 10.6. The van der Waals surface area contributed by atoms with Crippen molar-refractivity contribution in [1.29, 1.82) is 0 Å². The number of nitrogens with two attached hydrogens (primary N) is 1. The number of rotatable bonds is 5. The minimum absolute atomic E-state index is 0.0488. The van der Waals surface area contributed by atoms with E-state index in [9.17, 15) is 9.59 Å². The Bertz CT molecular complexity index is 655. The van der Waals surface area contributed by atoms with Crippen molar-refractivity contribution in [2.45, 2.75) is 13.3 Å². The van der Waals surface area contributed by atoms with E-state index in [1.807, 2.05) is 24.5 Å². The van der Waals surface area contributed by atoms with Crippen LogP contribution in [0.25, 0.3) is 6.08 Å². The molecule has 21 heavy (non-hydrogen) atoms. The first-order valence-electron chi connectivity index (χ1n) is 6.45. The van der Waals surface area contributed by atoms with Crippen LogP contribution in [0.3, 0.4) is 0 Å². The van der Waals surface area contributed by atoms with Crippen molar-refractivity contribution in [3.8, 4) is 0 Å². The molecule has 0 atom stereocenters. The highest BCUT2D eigenvalue weighted by molar-refractivity contribution is 6.07. The van der Waals surface area contributed by atoms with Crippen molar-refractivity contribution in [1.82, 2.24) is 5.43 Å². The topological polar surface area (TPSA) is 85.3 Å². The number of hydrazine groups is 1. The van der Waals surface area contributed by atoms with Crippen LogP contribution in [0.4, 0.5) is 0 Å². The fraction of sp³-hybridized carbons (Fsp3) is 0.125. The summed E-state index contributed by atoms with van der Waals surface area (Å²) >= 11 is 0. The van der Waals surface area contributed by atoms with Gasteiger partial charge in [0.1, 0.15) is 5.76 Å². The average Bonchev–Trinajstić information content (AvgIpc) is 2.99. The maximum Gasteiger partial charge on any atom is 0.261 e. The van der Waals surface area contributed by atoms with Crippen molar-refractivity contribution in [3.05, 3.63) is 65.1 Å². The molecule has 0 aliphatic carbocycles. The molecule has 0 unspecified atom stereocenters. The first-order valence-corrected chi connectivity index (χ1v) is 6.45. The van der Waals surface area contributed by atoms with Gasteiger partial charge in [0.05, 0.1) is 6.26 Å². The molecule has 2 rings (SSSR count). The van der Waals surface area contributed by atoms with Crippen LogP contribution in [0.1, 0.15) is 28.1 Å². The molecule has 0 aliphatic rings. The minimum Gasteiger partial charge on any atom is -0.465 e. The number of benzene rings is 1. The highest BCUT2D eigenvalue weighted by Gasteiger charge is 2.15. The van der Waals surface area contributed by atoms with E-state index in [-0.39, 0.29) is 17.8 Å². The summed E-state index contributed by atoms with van der Waals surface area (Å²) < 4.78 is 5.15. The Hall–Kier alpha value is -2.66. The molecule has 5 heteroatoms. The molecule has 0 fully saturated rings. The van der Waals surface area contributed by atoms with Crippen LogP contribution < -0.4 is 11.3 Å². The number of amides is 1. The van der Waals surface area contributed by atoms with Gasteiger partial charge < -0.3 is 4.42 Å². The van der Waals surface area contributed by atoms with Crippen LogP contribution in [-0.2, 0) is 4.79 Å². The van der Waals surface area contributed by atoms with Gasteiger partial charge in [0.15, 0.2) is 5.78 Å². The Kier molecular flexibility index (Phi) is 4.68. The summed E-state index contributed by atoms with van der Waals surface area (Å²) in [4.78, 5) is 24.0. The van der Waals surface area contributed by atoms with E-state index in [0.717, 1.165) is 5.56 Å². The number of nitrogens with one attached hydrogen (secondary N) is 1. The first kappa shape index (κ1) is 14.7. The molecule has 2 aromatic rings. The third-order valence-electron chi connectivity index (χ3n) is 3.01. The molecule has 0 saturated carbocycles. The lowest BCUT2D eigenvalue weighted by Gasteiger charge is -2.05. The molecular formula is C16H16N2O3. The van der Waals surface area contributed by atoms with Gasteiger partial charge in [0.2, 0.25) is 0 Å². The van der Waals surface area contributed by atoms with Crippen LogP contribution >= 0.6 is 0 Å². The molecule has 5 nitrogen and oxygen atoms in total. The van der Waals surface area contributed by atoms with Crippen LogP contribution in [0, 0.1) is 6.92 Å². The van der Waals surface area contributed by atoms with E-state index >= 15 is 0 Å². The Labute approximate surface area is 122 Å². The summed E-state index contributed by atoms with van der Waals surface area (Å²) in [6.45, 7) is 1.94. The second-order valence-electron chi connectivity index (χ2n) is 4.62. The zero-order valence-corrected chi connectivity index (χ0v) is 11.6. The molecule has 3 N–H and O–H groups in total. The normalized spacial score (nSPS) is 11.2. The lowest BCUT2D eigenvalue weighted by atomic mass is 10.0. The molecule has 0 spiro atoms. The number of carbonyl (C=O) groups is 2. The minimum atomic E-state index is -0.508. The van der Waals surface area contributed by atoms with Gasteiger partial charge in [-0.3, -0.25) is 15.0 Å². The number of hydrogen-bond donors (Lipinski definition) is 2. The van der Waals surface area contributed by atoms with Gasteiger partial charge in [-0.15, -0.1) is 0 Å². The number of Topliss-reactive ketones (excluding diaryl/α,β-unsaturated/α-hetero) is 1. The quantitative estimate of drug-likeness (QED) is 0.290. The predicted molar refractivity (Wildman–Crippen MR) is 79.1 cm³/mol. The van der Waals surface area contributed by atoms with Crippen molar-refractivity contribution in [2.24, 2.45) is 5.84 Å². The van der Waals surface area contributed by atoms with Gasteiger partial charge in [0.25, 0.3) is 5.91 Å². The summed E-state index contributed by atoms with van der Waals surface area (Å²) in [6.07, 6.45) is 2.95. The van der Waals surface area contributed by atoms with Crippen LogP contribution in [0.5, 0.6) is 0 Å². The van der Waals surface area contributed by atoms with E-state index in [1.165, 1.54) is 12.3 Å². The second kappa shape index (κ2) is 6.67. The second-order valence-corrected chi connectivity index (χ2v) is 4.62. The van der Waals surface area contributed by atoms with Gasteiger partial charge in [-0.25, -0.2) is 5.84 Å². The third-order valence-corrected chi connectivity index (χ3v) is 3.01. The number of furan rings is 1. The van der Waals surface area contributed by atoms with E-state index in [1.54, 1.807) is 24.3 Å². The summed E-state index contributed by atoms with van der Waals surface area (Å²) in [5.41, 5.74) is 3.91. The fourth-order valence-electron chi connectivity index (χ4n) is 1.85. The van der Waals surface area contributed by atoms with Gasteiger partial charge in [0, 0.05) is 17.6 Å². The maximum absolute atomic E-state index is 12.2. The van der Waals surface area contributed by atoms with E-state index in [2.05, 4.69) is 0 Å².